The number of nitrogens with zero attached hydrogens (tertiary/aromatic N) is 1. The van der Waals surface area contributed by atoms with Gasteiger partial charge in [-0.3, -0.25) is 4.79 Å². The van der Waals surface area contributed by atoms with E-state index in [0.717, 1.165) is 5.56 Å². The van der Waals surface area contributed by atoms with Crippen LogP contribution >= 0.6 is 23.2 Å². The number of nitrogens with one attached hydrogen (secondary N) is 1. The van der Waals surface area contributed by atoms with E-state index in [-0.39, 0.29) is 5.91 Å². The summed E-state index contributed by atoms with van der Waals surface area (Å²) in [7, 11) is 0. The molecule has 1 N–H and O–H groups in total. The van der Waals surface area contributed by atoms with Crippen LogP contribution in [0, 0.1) is 13.8 Å². The van der Waals surface area contributed by atoms with E-state index in [4.69, 9.17) is 27.7 Å². The van der Waals surface area contributed by atoms with Gasteiger partial charge in [-0.05, 0) is 31.9 Å². The van der Waals surface area contributed by atoms with Crippen molar-refractivity contribution < 1.29 is 9.32 Å². The number of aryl methyl sites for hydroxylation is 3. The Bertz CT molecular complexity index is 619. The molecule has 0 radical (unpaired) electrons. The fraction of sp³-hybridized carbons (Fsp3) is 0.286. The molecule has 106 valence electrons. The smallest absolute Gasteiger partial charge is 0.224 e. The van der Waals surface area contributed by atoms with Crippen molar-refractivity contribution in [2.45, 2.75) is 26.7 Å². The van der Waals surface area contributed by atoms with Crippen molar-refractivity contribution in [2.75, 3.05) is 5.32 Å². The largest absolute Gasteiger partial charge is 0.359 e. The van der Waals surface area contributed by atoms with Gasteiger partial charge in [-0.25, -0.2) is 0 Å². The zero-order valence-electron chi connectivity index (χ0n) is 11.2. The molecule has 6 heteroatoms. The Labute approximate surface area is 127 Å². The van der Waals surface area contributed by atoms with Gasteiger partial charge in [-0.15, -0.1) is 0 Å². The summed E-state index contributed by atoms with van der Waals surface area (Å²) < 4.78 is 4.99. The Morgan fingerprint density at radius 1 is 1.35 bits per heavy atom. The van der Waals surface area contributed by atoms with Crippen LogP contribution < -0.4 is 5.32 Å². The van der Waals surface area contributed by atoms with Gasteiger partial charge < -0.3 is 9.84 Å². The zero-order valence-corrected chi connectivity index (χ0v) is 12.7. The van der Waals surface area contributed by atoms with Crippen LogP contribution in [0.2, 0.25) is 10.0 Å². The molecule has 0 bridgehead atoms. The van der Waals surface area contributed by atoms with Gasteiger partial charge in [0.2, 0.25) is 5.91 Å². The molecule has 2 aromatic rings. The van der Waals surface area contributed by atoms with Gasteiger partial charge in [0, 0.05) is 6.42 Å². The molecule has 1 amide bonds. The van der Waals surface area contributed by atoms with Crippen LogP contribution in [0.25, 0.3) is 0 Å². The molecule has 1 heterocycles. The first-order chi connectivity index (χ1) is 9.49. The summed E-state index contributed by atoms with van der Waals surface area (Å²) in [5, 5.41) is 7.57. The van der Waals surface area contributed by atoms with Gasteiger partial charge in [-0.1, -0.05) is 40.5 Å². The molecule has 0 unspecified atom stereocenters. The lowest BCUT2D eigenvalue weighted by Gasteiger charge is -2.06. The first kappa shape index (κ1) is 14.9. The van der Waals surface area contributed by atoms with Gasteiger partial charge in [0.25, 0.3) is 0 Å². The van der Waals surface area contributed by atoms with Gasteiger partial charge in [0.05, 0.1) is 10.0 Å². The molecule has 20 heavy (non-hydrogen) atoms. The van der Waals surface area contributed by atoms with Crippen LogP contribution in [0.4, 0.5) is 5.69 Å². The highest BCUT2D eigenvalue weighted by Gasteiger charge is 2.13. The number of amides is 1. The molecule has 0 aliphatic heterocycles. The summed E-state index contributed by atoms with van der Waals surface area (Å²) >= 11 is 12.0. The van der Waals surface area contributed by atoms with E-state index in [0.29, 0.717) is 40.0 Å². The van der Waals surface area contributed by atoms with Crippen LogP contribution in [0.1, 0.15) is 23.4 Å². The topological polar surface area (TPSA) is 55.1 Å². The van der Waals surface area contributed by atoms with Gasteiger partial charge >= 0.3 is 0 Å². The van der Waals surface area contributed by atoms with Crippen molar-refractivity contribution in [3.8, 4) is 0 Å². The van der Waals surface area contributed by atoms with Gasteiger partial charge in [0.1, 0.15) is 11.4 Å². The van der Waals surface area contributed by atoms with Crippen LogP contribution in [-0.4, -0.2) is 11.1 Å². The zero-order chi connectivity index (χ0) is 14.7. The second-order valence-corrected chi connectivity index (χ2v) is 5.25. The van der Waals surface area contributed by atoms with Crippen molar-refractivity contribution in [3.63, 3.8) is 0 Å². The van der Waals surface area contributed by atoms with Gasteiger partial charge in [0.15, 0.2) is 5.76 Å². The number of anilines is 1. The van der Waals surface area contributed by atoms with E-state index < -0.39 is 0 Å². The van der Waals surface area contributed by atoms with Crippen LogP contribution in [0.3, 0.4) is 0 Å². The van der Waals surface area contributed by atoms with Gasteiger partial charge in [-0.2, -0.15) is 0 Å². The molecule has 1 aromatic heterocycles. The summed E-state index contributed by atoms with van der Waals surface area (Å²) in [6, 6.07) is 5.39. The normalized spacial score (nSPS) is 10.6. The summed E-state index contributed by atoms with van der Waals surface area (Å²) in [5.41, 5.74) is 2.15. The highest BCUT2D eigenvalue weighted by molar-refractivity contribution is 6.42. The second kappa shape index (κ2) is 6.29. The Morgan fingerprint density at radius 2 is 2.10 bits per heavy atom. The molecule has 0 atom stereocenters. The van der Waals surface area contributed by atoms with Crippen molar-refractivity contribution in [3.05, 3.63) is 45.3 Å². The van der Waals surface area contributed by atoms with E-state index in [1.54, 1.807) is 19.9 Å². The minimum absolute atomic E-state index is 0.115. The molecular formula is C14H14Cl2N2O2. The summed E-state index contributed by atoms with van der Waals surface area (Å²) in [6.07, 6.45) is 0.832. The molecule has 0 saturated heterocycles. The number of carbonyl (C=O) groups is 1. The van der Waals surface area contributed by atoms with E-state index >= 15 is 0 Å². The summed E-state index contributed by atoms with van der Waals surface area (Å²) in [4.78, 5) is 11.9. The van der Waals surface area contributed by atoms with E-state index in [9.17, 15) is 4.79 Å². The number of aromatic nitrogens is 1. The van der Waals surface area contributed by atoms with Crippen LogP contribution in [-0.2, 0) is 11.2 Å². The van der Waals surface area contributed by atoms with E-state index in [2.05, 4.69) is 10.5 Å². The molecule has 4 nitrogen and oxygen atoms in total. The van der Waals surface area contributed by atoms with Crippen molar-refractivity contribution >= 4 is 34.8 Å². The Kier molecular flexibility index (Phi) is 4.68. The number of hydrogen-bond acceptors (Lipinski definition) is 3. The number of halogens is 2. The molecule has 1 aromatic carbocycles. The maximum atomic E-state index is 11.9. The molecule has 0 fully saturated rings. The molecular weight excluding hydrogens is 299 g/mol. The predicted molar refractivity (Wildman–Crippen MR) is 79.4 cm³/mol. The Morgan fingerprint density at radius 3 is 2.75 bits per heavy atom. The monoisotopic (exact) mass is 312 g/mol. The number of benzene rings is 1. The minimum atomic E-state index is -0.115. The maximum Gasteiger partial charge on any atom is 0.224 e. The molecule has 0 aliphatic carbocycles. The third kappa shape index (κ3) is 3.32. The van der Waals surface area contributed by atoms with Crippen molar-refractivity contribution in [2.24, 2.45) is 0 Å². The fourth-order valence-electron chi connectivity index (χ4n) is 1.85. The van der Waals surface area contributed by atoms with E-state index in [1.807, 2.05) is 12.1 Å². The van der Waals surface area contributed by atoms with Crippen LogP contribution in [0.15, 0.2) is 22.7 Å². The average molecular weight is 313 g/mol. The lowest BCUT2D eigenvalue weighted by Crippen LogP contribution is -2.13. The first-order valence-electron chi connectivity index (χ1n) is 6.14. The van der Waals surface area contributed by atoms with Crippen molar-refractivity contribution in [1.29, 1.82) is 0 Å². The second-order valence-electron chi connectivity index (χ2n) is 4.46. The molecule has 0 spiro atoms. The average Bonchev–Trinajstić information content (AvgIpc) is 2.72. The van der Waals surface area contributed by atoms with E-state index in [1.165, 1.54) is 0 Å². The highest BCUT2D eigenvalue weighted by atomic mass is 35.5. The first-order valence-corrected chi connectivity index (χ1v) is 6.90. The molecule has 0 saturated carbocycles. The Balaban J connectivity index is 1.98. The lowest BCUT2D eigenvalue weighted by atomic mass is 10.1. The Hall–Kier alpha value is -1.52. The third-order valence-corrected chi connectivity index (χ3v) is 3.81. The van der Waals surface area contributed by atoms with Crippen LogP contribution in [0.5, 0.6) is 0 Å². The standard InChI is InChI=1S/C14H14Cl2N2O2/c1-8-14(9(2)20-18-8)17-12(19)7-6-10-4-3-5-11(15)13(10)16/h3-5H,6-7H2,1-2H3,(H,17,19). The minimum Gasteiger partial charge on any atom is -0.359 e. The number of rotatable bonds is 4. The number of hydrogen-bond donors (Lipinski definition) is 1. The predicted octanol–water partition coefficient (Wildman–Crippen LogP) is 4.17. The summed E-state index contributed by atoms with van der Waals surface area (Å²) in [5.74, 6) is 0.479. The summed E-state index contributed by atoms with van der Waals surface area (Å²) in [6.45, 7) is 3.53. The fourth-order valence-corrected chi connectivity index (χ4v) is 2.27. The quantitative estimate of drug-likeness (QED) is 0.921. The van der Waals surface area contributed by atoms with Crippen molar-refractivity contribution in [1.82, 2.24) is 5.16 Å². The molecule has 2 rings (SSSR count). The maximum absolute atomic E-state index is 11.9. The third-order valence-electron chi connectivity index (χ3n) is 2.95. The highest BCUT2D eigenvalue weighted by Crippen LogP contribution is 2.26. The molecule has 0 aliphatic rings. The SMILES string of the molecule is Cc1noc(C)c1NC(=O)CCc1cccc(Cl)c1Cl. The number of carbonyl (C=O) groups excluding carboxylic acids is 1. The lowest BCUT2D eigenvalue weighted by molar-refractivity contribution is -0.116.